The molecule has 0 aromatic rings. The van der Waals surface area contributed by atoms with Gasteiger partial charge in [0.2, 0.25) is 5.91 Å². The first-order valence-corrected chi connectivity index (χ1v) is 9.01. The van der Waals surface area contributed by atoms with Crippen LogP contribution in [0.2, 0.25) is 0 Å². The molecule has 4 rings (SSSR count). The topological polar surface area (TPSA) is 106 Å². The lowest BCUT2D eigenvalue weighted by molar-refractivity contribution is -0.128. The number of rotatable bonds is 2. The van der Waals surface area contributed by atoms with Crippen LogP contribution in [0.1, 0.15) is 6.42 Å². The highest BCUT2D eigenvalue weighted by Crippen LogP contribution is 2.27. The third-order valence-electron chi connectivity index (χ3n) is 5.91. The molecule has 0 bridgehead atoms. The van der Waals surface area contributed by atoms with E-state index in [0.29, 0.717) is 11.8 Å². The first-order chi connectivity index (χ1) is 11.6. The second kappa shape index (κ2) is 6.81. The number of alkyl halides is 1. The summed E-state index contributed by atoms with van der Waals surface area (Å²) in [7, 11) is 0. The number of carbonyl (C=O) groups excluding carboxylic acids is 1. The van der Waals surface area contributed by atoms with Crippen molar-refractivity contribution in [2.75, 3.05) is 39.3 Å². The quantitative estimate of drug-likeness (QED) is 0.324. The summed E-state index contributed by atoms with van der Waals surface area (Å²) in [5, 5.41) is 14.9. The zero-order valence-corrected chi connectivity index (χ0v) is 13.8. The zero-order chi connectivity index (χ0) is 16.7. The fourth-order valence-electron chi connectivity index (χ4n) is 4.69. The molecule has 9 heteroatoms. The van der Waals surface area contributed by atoms with E-state index in [1.165, 1.54) is 0 Å². The summed E-state index contributed by atoms with van der Waals surface area (Å²) in [6.07, 6.45) is -0.592. The van der Waals surface area contributed by atoms with Gasteiger partial charge in [-0.1, -0.05) is 0 Å². The Hall–Kier alpha value is -0.840. The van der Waals surface area contributed by atoms with Crippen LogP contribution < -0.4 is 32.4 Å². The van der Waals surface area contributed by atoms with Crippen molar-refractivity contribution in [3.63, 3.8) is 0 Å². The van der Waals surface area contributed by atoms with Gasteiger partial charge in [-0.2, -0.15) is 0 Å². The highest BCUT2D eigenvalue weighted by Gasteiger charge is 2.48. The minimum Gasteiger partial charge on any atom is -0.351 e. The molecule has 7 N–H and O–H groups in total. The average molecular weight is 341 g/mol. The lowest BCUT2D eigenvalue weighted by Gasteiger charge is -2.43. The number of nitrogens with zero attached hydrogens (tertiary/aromatic N) is 1. The van der Waals surface area contributed by atoms with Crippen LogP contribution in [0.5, 0.6) is 0 Å². The third-order valence-corrected chi connectivity index (χ3v) is 5.91. The lowest BCUT2D eigenvalue weighted by Crippen LogP contribution is -2.62. The Bertz CT molecular complexity index is 479. The van der Waals surface area contributed by atoms with Gasteiger partial charge >= 0.3 is 0 Å². The van der Waals surface area contributed by atoms with Gasteiger partial charge in [0.05, 0.1) is 18.2 Å². The molecule has 7 unspecified atom stereocenters. The monoisotopic (exact) mass is 341 g/mol. The smallest absolute Gasteiger partial charge is 0.229 e. The molecular formula is C15H28FN7O. The maximum atomic E-state index is 13.5. The molecule has 4 fully saturated rings. The molecule has 0 aromatic carbocycles. The molecule has 4 saturated heterocycles. The van der Waals surface area contributed by atoms with Gasteiger partial charge in [0, 0.05) is 25.7 Å². The molecule has 7 atom stereocenters. The Morgan fingerprint density at radius 3 is 2.92 bits per heavy atom. The van der Waals surface area contributed by atoms with E-state index in [0.717, 1.165) is 32.6 Å². The van der Waals surface area contributed by atoms with Crippen molar-refractivity contribution in [2.45, 2.75) is 31.0 Å². The summed E-state index contributed by atoms with van der Waals surface area (Å²) in [4.78, 5) is 12.9. The SMILES string of the molecule is NC1NN2CC(F)CNC2C1C(=O)NC1CNCC2CNCCC21. The van der Waals surface area contributed by atoms with Crippen LogP contribution in [0, 0.1) is 17.8 Å². The number of piperidine rings is 2. The summed E-state index contributed by atoms with van der Waals surface area (Å²) >= 11 is 0. The molecule has 0 aromatic heterocycles. The van der Waals surface area contributed by atoms with Crippen LogP contribution in [0.15, 0.2) is 0 Å². The predicted molar refractivity (Wildman–Crippen MR) is 87.3 cm³/mol. The largest absolute Gasteiger partial charge is 0.351 e. The fourth-order valence-corrected chi connectivity index (χ4v) is 4.69. The van der Waals surface area contributed by atoms with Crippen molar-refractivity contribution in [3.05, 3.63) is 0 Å². The standard InChI is InChI=1S/C15H28FN7O/c16-9-5-20-14-12(13(17)22-23(14)7-9)15(24)21-11-6-19-4-8-3-18-2-1-10(8)11/h8-14,18-20,22H,1-7,17H2,(H,21,24). The first-order valence-electron chi connectivity index (χ1n) is 9.01. The summed E-state index contributed by atoms with van der Waals surface area (Å²) in [6.45, 7) is 4.34. The Morgan fingerprint density at radius 2 is 2.04 bits per heavy atom. The summed E-state index contributed by atoms with van der Waals surface area (Å²) in [5.41, 5.74) is 9.15. The second-order valence-corrected chi connectivity index (χ2v) is 7.47. The number of hydrogen-bond donors (Lipinski definition) is 6. The van der Waals surface area contributed by atoms with Crippen molar-refractivity contribution in [1.29, 1.82) is 0 Å². The van der Waals surface area contributed by atoms with Gasteiger partial charge in [0.1, 0.15) is 6.17 Å². The number of hydrogen-bond acceptors (Lipinski definition) is 7. The summed E-state index contributed by atoms with van der Waals surface area (Å²) in [6, 6.07) is 0.136. The van der Waals surface area contributed by atoms with Gasteiger partial charge in [0.15, 0.2) is 0 Å². The maximum Gasteiger partial charge on any atom is 0.229 e. The molecule has 0 radical (unpaired) electrons. The van der Waals surface area contributed by atoms with Crippen molar-refractivity contribution in [2.24, 2.45) is 23.5 Å². The molecule has 136 valence electrons. The minimum atomic E-state index is -0.944. The van der Waals surface area contributed by atoms with E-state index in [2.05, 4.69) is 26.7 Å². The Balaban J connectivity index is 1.42. The van der Waals surface area contributed by atoms with Gasteiger partial charge in [0.25, 0.3) is 0 Å². The molecule has 0 spiro atoms. The Kier molecular flexibility index (Phi) is 4.72. The molecule has 24 heavy (non-hydrogen) atoms. The van der Waals surface area contributed by atoms with E-state index in [9.17, 15) is 9.18 Å². The third kappa shape index (κ3) is 3.04. The van der Waals surface area contributed by atoms with E-state index in [-0.39, 0.29) is 31.2 Å². The summed E-state index contributed by atoms with van der Waals surface area (Å²) in [5.74, 6) is 0.607. The molecule has 4 heterocycles. The predicted octanol–water partition coefficient (Wildman–Crippen LogP) is -2.71. The van der Waals surface area contributed by atoms with Crippen LogP contribution in [0.3, 0.4) is 0 Å². The molecule has 8 nitrogen and oxygen atoms in total. The zero-order valence-electron chi connectivity index (χ0n) is 13.8. The number of hydrazine groups is 1. The molecule has 1 amide bonds. The van der Waals surface area contributed by atoms with Crippen molar-refractivity contribution in [1.82, 2.24) is 31.7 Å². The fraction of sp³-hybridized carbons (Fsp3) is 0.933. The number of nitrogens with one attached hydrogen (secondary N) is 5. The van der Waals surface area contributed by atoms with Gasteiger partial charge in [-0.05, 0) is 37.9 Å². The lowest BCUT2D eigenvalue weighted by atomic mass is 9.78. The van der Waals surface area contributed by atoms with Gasteiger partial charge in [-0.25, -0.2) is 14.8 Å². The Labute approximate surface area is 141 Å². The van der Waals surface area contributed by atoms with Crippen molar-refractivity contribution < 1.29 is 9.18 Å². The van der Waals surface area contributed by atoms with Gasteiger partial charge in [-0.15, -0.1) is 0 Å². The number of nitrogens with two attached hydrogens (primary N) is 1. The van der Waals surface area contributed by atoms with Crippen molar-refractivity contribution in [3.8, 4) is 0 Å². The number of fused-ring (bicyclic) bond motifs is 2. The minimum absolute atomic E-state index is 0.0432. The first kappa shape index (κ1) is 16.6. The maximum absolute atomic E-state index is 13.5. The van der Waals surface area contributed by atoms with Crippen LogP contribution in [-0.2, 0) is 4.79 Å². The van der Waals surface area contributed by atoms with Gasteiger partial charge < -0.3 is 21.7 Å². The molecule has 0 aliphatic carbocycles. The Morgan fingerprint density at radius 1 is 1.21 bits per heavy atom. The van der Waals surface area contributed by atoms with E-state index in [4.69, 9.17) is 5.73 Å². The molecule has 4 aliphatic heterocycles. The molecule has 0 saturated carbocycles. The van der Waals surface area contributed by atoms with E-state index < -0.39 is 18.3 Å². The highest BCUT2D eigenvalue weighted by atomic mass is 19.1. The highest BCUT2D eigenvalue weighted by molar-refractivity contribution is 5.80. The van der Waals surface area contributed by atoms with Crippen LogP contribution in [-0.4, -0.2) is 74.7 Å². The van der Waals surface area contributed by atoms with Crippen LogP contribution >= 0.6 is 0 Å². The second-order valence-electron chi connectivity index (χ2n) is 7.47. The van der Waals surface area contributed by atoms with Crippen LogP contribution in [0.25, 0.3) is 0 Å². The average Bonchev–Trinajstić information content (AvgIpc) is 2.90. The number of carbonyl (C=O) groups is 1. The summed E-state index contributed by atoms with van der Waals surface area (Å²) < 4.78 is 13.5. The number of halogens is 1. The van der Waals surface area contributed by atoms with Crippen molar-refractivity contribution >= 4 is 5.91 Å². The molecule has 4 aliphatic rings. The number of amides is 1. The molecular weight excluding hydrogens is 313 g/mol. The van der Waals surface area contributed by atoms with Crippen LogP contribution in [0.4, 0.5) is 4.39 Å². The van der Waals surface area contributed by atoms with E-state index in [1.807, 2.05) is 0 Å². The van der Waals surface area contributed by atoms with E-state index >= 15 is 0 Å². The van der Waals surface area contributed by atoms with E-state index in [1.54, 1.807) is 5.01 Å². The normalized spacial score (nSPS) is 46.2. The van der Waals surface area contributed by atoms with Gasteiger partial charge in [-0.3, -0.25) is 10.1 Å².